The summed E-state index contributed by atoms with van der Waals surface area (Å²) in [4.78, 5) is 12.0. The van der Waals surface area contributed by atoms with Crippen molar-refractivity contribution in [3.05, 3.63) is 23.8 Å². The maximum atomic E-state index is 12.0. The van der Waals surface area contributed by atoms with Gasteiger partial charge in [-0.3, -0.25) is 0 Å². The lowest BCUT2D eigenvalue weighted by Gasteiger charge is -2.17. The lowest BCUT2D eigenvalue weighted by Crippen LogP contribution is -2.18. The van der Waals surface area contributed by atoms with Crippen molar-refractivity contribution < 1.29 is 14.6 Å². The van der Waals surface area contributed by atoms with Crippen LogP contribution >= 0.6 is 0 Å². The van der Waals surface area contributed by atoms with Crippen molar-refractivity contribution in [3.63, 3.8) is 0 Å². The van der Waals surface area contributed by atoms with E-state index in [-0.39, 0.29) is 17.4 Å². The van der Waals surface area contributed by atoms with E-state index in [4.69, 9.17) is 10.5 Å². The Balaban J connectivity index is 2.69. The van der Waals surface area contributed by atoms with Gasteiger partial charge >= 0.3 is 5.97 Å². The topological polar surface area (TPSA) is 72.5 Å². The van der Waals surface area contributed by atoms with Gasteiger partial charge in [0.2, 0.25) is 0 Å². The van der Waals surface area contributed by atoms with E-state index in [2.05, 4.69) is 13.8 Å². The van der Waals surface area contributed by atoms with E-state index in [0.29, 0.717) is 5.69 Å². The van der Waals surface area contributed by atoms with Crippen LogP contribution in [0.1, 0.15) is 56.3 Å². The summed E-state index contributed by atoms with van der Waals surface area (Å²) in [6.07, 6.45) is 4.72. The number of hydrogen-bond donors (Lipinski definition) is 2. The molecule has 1 aromatic rings. The fourth-order valence-electron chi connectivity index (χ4n) is 1.95. The number of ether oxygens (including phenoxy) is 1. The van der Waals surface area contributed by atoms with Gasteiger partial charge in [0.15, 0.2) is 0 Å². The number of benzene rings is 1. The van der Waals surface area contributed by atoms with E-state index >= 15 is 0 Å². The molecule has 1 rings (SSSR count). The van der Waals surface area contributed by atoms with Gasteiger partial charge in [-0.2, -0.15) is 0 Å². The van der Waals surface area contributed by atoms with Crippen molar-refractivity contribution in [2.24, 2.45) is 0 Å². The first kappa shape index (κ1) is 15.3. The third kappa shape index (κ3) is 4.81. The summed E-state index contributed by atoms with van der Waals surface area (Å²) in [7, 11) is 0. The number of nitrogen functional groups attached to an aromatic ring is 1. The molecule has 0 aliphatic carbocycles. The Bertz CT molecular complexity index is 418. The van der Waals surface area contributed by atoms with Crippen molar-refractivity contribution in [2.45, 2.75) is 52.1 Å². The number of carbonyl (C=O) groups is 1. The van der Waals surface area contributed by atoms with Gasteiger partial charge in [0.25, 0.3) is 0 Å². The molecule has 0 saturated carbocycles. The maximum Gasteiger partial charge on any atom is 0.342 e. The van der Waals surface area contributed by atoms with E-state index < -0.39 is 5.97 Å². The van der Waals surface area contributed by atoms with E-state index in [1.165, 1.54) is 12.1 Å². The molecular formula is C15H23NO3. The standard InChI is InChI=1S/C15H23NO3/c1-3-5-7-12(6-4-2)19-15(18)13-9-8-11(16)10-14(13)17/h8-10,12,17H,3-7,16H2,1-2H3. The molecule has 0 amide bonds. The van der Waals surface area contributed by atoms with Gasteiger partial charge in [0.05, 0.1) is 0 Å². The van der Waals surface area contributed by atoms with Gasteiger partial charge in [0.1, 0.15) is 17.4 Å². The molecule has 0 aliphatic heterocycles. The minimum Gasteiger partial charge on any atom is -0.507 e. The number of nitrogens with two attached hydrogens (primary N) is 1. The first-order chi connectivity index (χ1) is 9.08. The smallest absolute Gasteiger partial charge is 0.342 e. The summed E-state index contributed by atoms with van der Waals surface area (Å²) < 4.78 is 5.46. The van der Waals surface area contributed by atoms with Gasteiger partial charge in [-0.05, 0) is 25.0 Å². The molecule has 3 N–H and O–H groups in total. The third-order valence-electron chi connectivity index (χ3n) is 3.01. The van der Waals surface area contributed by atoms with Crippen LogP contribution in [0.3, 0.4) is 0 Å². The number of rotatable bonds is 7. The molecule has 0 aromatic heterocycles. The molecule has 1 aromatic carbocycles. The summed E-state index contributed by atoms with van der Waals surface area (Å²) in [6, 6.07) is 4.43. The Morgan fingerprint density at radius 3 is 2.63 bits per heavy atom. The van der Waals surface area contributed by atoms with Crippen LogP contribution in [0.4, 0.5) is 5.69 Å². The molecule has 4 nitrogen and oxygen atoms in total. The van der Waals surface area contributed by atoms with Crippen molar-refractivity contribution in [1.29, 1.82) is 0 Å². The third-order valence-corrected chi connectivity index (χ3v) is 3.01. The second kappa shape index (κ2) is 7.67. The number of anilines is 1. The van der Waals surface area contributed by atoms with Crippen LogP contribution < -0.4 is 5.73 Å². The Labute approximate surface area is 114 Å². The SMILES string of the molecule is CCCCC(CCC)OC(=O)c1ccc(N)cc1O. The van der Waals surface area contributed by atoms with E-state index in [9.17, 15) is 9.90 Å². The molecule has 0 heterocycles. The highest BCUT2D eigenvalue weighted by molar-refractivity contribution is 5.93. The number of unbranched alkanes of at least 4 members (excludes halogenated alkanes) is 1. The minimum atomic E-state index is -0.480. The molecule has 0 radical (unpaired) electrons. The van der Waals surface area contributed by atoms with E-state index in [1.807, 2.05) is 0 Å². The summed E-state index contributed by atoms with van der Waals surface area (Å²) in [6.45, 7) is 4.17. The Morgan fingerprint density at radius 1 is 1.32 bits per heavy atom. The van der Waals surface area contributed by atoms with Gasteiger partial charge in [-0.1, -0.05) is 33.1 Å². The zero-order chi connectivity index (χ0) is 14.3. The summed E-state index contributed by atoms with van der Waals surface area (Å²) >= 11 is 0. The number of aromatic hydroxyl groups is 1. The fraction of sp³-hybridized carbons (Fsp3) is 0.533. The average molecular weight is 265 g/mol. The molecule has 0 fully saturated rings. The highest BCUT2D eigenvalue weighted by atomic mass is 16.5. The molecule has 1 unspecified atom stereocenters. The highest BCUT2D eigenvalue weighted by Crippen LogP contribution is 2.22. The second-order valence-corrected chi connectivity index (χ2v) is 4.73. The average Bonchev–Trinajstić information content (AvgIpc) is 2.36. The molecule has 0 spiro atoms. The molecule has 0 aliphatic rings. The number of phenols is 1. The number of phenolic OH excluding ortho intramolecular Hbond substituents is 1. The minimum absolute atomic E-state index is 0.0746. The van der Waals surface area contributed by atoms with Crippen molar-refractivity contribution in [3.8, 4) is 5.75 Å². The molecular weight excluding hydrogens is 242 g/mol. The number of carbonyl (C=O) groups excluding carboxylic acids is 1. The van der Waals surface area contributed by atoms with Crippen LogP contribution in [0.5, 0.6) is 5.75 Å². The quantitative estimate of drug-likeness (QED) is 0.584. The zero-order valence-electron chi connectivity index (χ0n) is 11.7. The van der Waals surface area contributed by atoms with Crippen LogP contribution in [0.25, 0.3) is 0 Å². The predicted molar refractivity (Wildman–Crippen MR) is 76.2 cm³/mol. The summed E-state index contributed by atoms with van der Waals surface area (Å²) in [5.74, 6) is -0.609. The van der Waals surface area contributed by atoms with Gasteiger partial charge in [0, 0.05) is 11.8 Å². The van der Waals surface area contributed by atoms with Crippen LogP contribution in [-0.4, -0.2) is 17.2 Å². The van der Waals surface area contributed by atoms with Gasteiger partial charge in [-0.25, -0.2) is 4.79 Å². The molecule has 106 valence electrons. The Hall–Kier alpha value is -1.71. The lowest BCUT2D eigenvalue weighted by atomic mass is 10.1. The van der Waals surface area contributed by atoms with E-state index in [0.717, 1.165) is 32.1 Å². The van der Waals surface area contributed by atoms with Gasteiger partial charge in [-0.15, -0.1) is 0 Å². The predicted octanol–water partition coefficient (Wildman–Crippen LogP) is 3.49. The monoisotopic (exact) mass is 265 g/mol. The molecule has 4 heteroatoms. The number of hydrogen-bond acceptors (Lipinski definition) is 4. The first-order valence-corrected chi connectivity index (χ1v) is 6.87. The fourth-order valence-corrected chi connectivity index (χ4v) is 1.95. The number of esters is 1. The van der Waals surface area contributed by atoms with Crippen LogP contribution in [-0.2, 0) is 4.74 Å². The summed E-state index contributed by atoms with van der Waals surface area (Å²) in [5, 5.41) is 9.70. The molecule has 0 bridgehead atoms. The van der Waals surface area contributed by atoms with Gasteiger partial charge < -0.3 is 15.6 Å². The highest BCUT2D eigenvalue weighted by Gasteiger charge is 2.17. The second-order valence-electron chi connectivity index (χ2n) is 4.73. The Morgan fingerprint density at radius 2 is 2.05 bits per heavy atom. The molecule has 1 atom stereocenters. The van der Waals surface area contributed by atoms with E-state index in [1.54, 1.807) is 6.07 Å². The summed E-state index contributed by atoms with van der Waals surface area (Å²) in [5.41, 5.74) is 6.12. The zero-order valence-corrected chi connectivity index (χ0v) is 11.7. The molecule has 0 saturated heterocycles. The van der Waals surface area contributed by atoms with Crippen molar-refractivity contribution in [2.75, 3.05) is 5.73 Å². The van der Waals surface area contributed by atoms with Crippen molar-refractivity contribution in [1.82, 2.24) is 0 Å². The first-order valence-electron chi connectivity index (χ1n) is 6.87. The lowest BCUT2D eigenvalue weighted by molar-refractivity contribution is 0.0252. The van der Waals surface area contributed by atoms with Crippen LogP contribution in [0, 0.1) is 0 Å². The maximum absolute atomic E-state index is 12.0. The largest absolute Gasteiger partial charge is 0.507 e. The van der Waals surface area contributed by atoms with Crippen LogP contribution in [0.2, 0.25) is 0 Å². The Kier molecular flexibility index (Phi) is 6.19. The van der Waals surface area contributed by atoms with Crippen LogP contribution in [0.15, 0.2) is 18.2 Å². The molecule has 19 heavy (non-hydrogen) atoms. The van der Waals surface area contributed by atoms with Crippen molar-refractivity contribution >= 4 is 11.7 Å². The normalized spacial score (nSPS) is 12.1.